The Morgan fingerprint density at radius 2 is 1.96 bits per heavy atom. The van der Waals surface area contributed by atoms with Gasteiger partial charge in [-0.1, -0.05) is 0 Å². The van der Waals surface area contributed by atoms with Crippen LogP contribution in [-0.2, 0) is 0 Å². The zero-order valence-corrected chi connectivity index (χ0v) is 15.0. The third-order valence-electron chi connectivity index (χ3n) is 2.87. The normalized spacial score (nSPS) is 10.7. The van der Waals surface area contributed by atoms with Crippen molar-refractivity contribution in [3.05, 3.63) is 55.0 Å². The van der Waals surface area contributed by atoms with E-state index in [1.807, 2.05) is 0 Å². The van der Waals surface area contributed by atoms with E-state index in [1.54, 1.807) is 18.2 Å². The Kier molecular flexibility index (Phi) is 5.56. The first-order chi connectivity index (χ1) is 10.9. The lowest BCUT2D eigenvalue weighted by molar-refractivity contribution is -0.384. The van der Waals surface area contributed by atoms with E-state index in [4.69, 9.17) is 4.74 Å². The number of aromatic hydroxyl groups is 1. The van der Waals surface area contributed by atoms with Gasteiger partial charge in [0, 0.05) is 22.2 Å². The third kappa shape index (κ3) is 3.99. The Labute approximate surface area is 148 Å². The predicted molar refractivity (Wildman–Crippen MR) is 94.4 cm³/mol. The van der Waals surface area contributed by atoms with Gasteiger partial charge in [0.15, 0.2) is 11.5 Å². The quantitative estimate of drug-likeness (QED) is 0.407. The number of rotatable bonds is 5. The fraction of sp³-hybridized carbons (Fsp3) is 0.0714. The van der Waals surface area contributed by atoms with Crippen molar-refractivity contribution in [2.24, 2.45) is 5.10 Å². The van der Waals surface area contributed by atoms with Gasteiger partial charge in [-0.25, -0.2) is 0 Å². The summed E-state index contributed by atoms with van der Waals surface area (Å²) in [4.78, 5) is 10.1. The van der Waals surface area contributed by atoms with Crippen LogP contribution in [0.3, 0.4) is 0 Å². The van der Waals surface area contributed by atoms with E-state index >= 15 is 0 Å². The number of ether oxygens (including phenoxy) is 1. The van der Waals surface area contributed by atoms with Gasteiger partial charge >= 0.3 is 0 Å². The maximum Gasteiger partial charge on any atom is 0.269 e. The van der Waals surface area contributed by atoms with Crippen molar-refractivity contribution in [1.82, 2.24) is 0 Å². The Balaban J connectivity index is 2.17. The summed E-state index contributed by atoms with van der Waals surface area (Å²) in [6.07, 6.45) is 1.53. The summed E-state index contributed by atoms with van der Waals surface area (Å²) in [6, 6.07) is 7.49. The van der Waals surface area contributed by atoms with E-state index in [0.717, 1.165) is 0 Å². The second-order valence-corrected chi connectivity index (χ2v) is 5.90. The van der Waals surface area contributed by atoms with Gasteiger partial charge < -0.3 is 9.84 Å². The third-order valence-corrected chi connectivity index (χ3v) is 5.03. The first-order valence-corrected chi connectivity index (χ1v) is 7.81. The minimum atomic E-state index is -0.468. The molecule has 120 valence electrons. The molecule has 0 unspecified atom stereocenters. The molecule has 0 aliphatic heterocycles. The van der Waals surface area contributed by atoms with Crippen LogP contribution in [0.4, 0.5) is 11.4 Å². The van der Waals surface area contributed by atoms with Gasteiger partial charge in [0.05, 0.1) is 28.4 Å². The lowest BCUT2D eigenvalue weighted by atomic mass is 10.2. The van der Waals surface area contributed by atoms with E-state index in [1.165, 1.54) is 25.5 Å². The predicted octanol–water partition coefficient (Wildman–Crippen LogP) is 4.28. The monoisotopic (exact) mass is 443 g/mol. The fourth-order valence-electron chi connectivity index (χ4n) is 1.70. The Hall–Kier alpha value is -2.13. The number of nitrogens with one attached hydrogen (secondary N) is 1. The van der Waals surface area contributed by atoms with E-state index in [2.05, 4.69) is 42.4 Å². The SMILES string of the molecule is COc1cc(/C=N/Nc2ccc([N+](=O)[O-])cc2)c(Br)c(Br)c1O. The molecule has 0 atom stereocenters. The first kappa shape index (κ1) is 17.2. The van der Waals surface area contributed by atoms with Gasteiger partial charge in [-0.3, -0.25) is 15.5 Å². The summed E-state index contributed by atoms with van der Waals surface area (Å²) in [5.74, 6) is 0.289. The molecule has 2 aromatic rings. The number of hydrogen-bond acceptors (Lipinski definition) is 6. The minimum Gasteiger partial charge on any atom is -0.503 e. The van der Waals surface area contributed by atoms with E-state index in [-0.39, 0.29) is 11.4 Å². The highest BCUT2D eigenvalue weighted by Gasteiger charge is 2.13. The van der Waals surface area contributed by atoms with Gasteiger partial charge in [-0.15, -0.1) is 0 Å². The number of hydrogen-bond donors (Lipinski definition) is 2. The van der Waals surface area contributed by atoms with Crippen LogP contribution in [0.1, 0.15) is 5.56 Å². The lowest BCUT2D eigenvalue weighted by Gasteiger charge is -2.09. The van der Waals surface area contributed by atoms with Gasteiger partial charge in [0.2, 0.25) is 0 Å². The highest BCUT2D eigenvalue weighted by Crippen LogP contribution is 2.41. The number of hydrazone groups is 1. The molecule has 0 heterocycles. The van der Waals surface area contributed by atoms with E-state index < -0.39 is 4.92 Å². The molecule has 0 aromatic heterocycles. The van der Waals surface area contributed by atoms with Crippen molar-refractivity contribution in [3.8, 4) is 11.5 Å². The number of nitro benzene ring substituents is 1. The van der Waals surface area contributed by atoms with Crippen LogP contribution in [0.25, 0.3) is 0 Å². The molecular weight excluding hydrogens is 434 g/mol. The van der Waals surface area contributed by atoms with E-state index in [0.29, 0.717) is 25.9 Å². The molecule has 0 radical (unpaired) electrons. The van der Waals surface area contributed by atoms with Crippen LogP contribution < -0.4 is 10.2 Å². The molecule has 2 N–H and O–H groups in total. The number of nitrogens with zero attached hydrogens (tertiary/aromatic N) is 2. The molecule has 23 heavy (non-hydrogen) atoms. The molecular formula is C14H11Br2N3O4. The molecule has 7 nitrogen and oxygen atoms in total. The van der Waals surface area contributed by atoms with Gasteiger partial charge in [-0.05, 0) is 50.1 Å². The summed E-state index contributed by atoms with van der Waals surface area (Å²) in [6.45, 7) is 0. The van der Waals surface area contributed by atoms with Gasteiger partial charge in [0.25, 0.3) is 5.69 Å². The topological polar surface area (TPSA) is 97.0 Å². The number of phenols is 1. The second-order valence-electron chi connectivity index (χ2n) is 4.32. The molecule has 9 heteroatoms. The molecule has 2 rings (SSSR count). The van der Waals surface area contributed by atoms with Crippen LogP contribution in [0.2, 0.25) is 0 Å². The van der Waals surface area contributed by atoms with Crippen molar-refractivity contribution < 1.29 is 14.8 Å². The summed E-state index contributed by atoms with van der Waals surface area (Å²) < 4.78 is 6.14. The lowest BCUT2D eigenvalue weighted by Crippen LogP contribution is -1.94. The largest absolute Gasteiger partial charge is 0.503 e. The number of anilines is 1. The van der Waals surface area contributed by atoms with Crippen LogP contribution in [-0.4, -0.2) is 23.4 Å². The van der Waals surface area contributed by atoms with Gasteiger partial charge in [-0.2, -0.15) is 5.10 Å². The molecule has 0 aliphatic carbocycles. The highest BCUT2D eigenvalue weighted by atomic mass is 79.9. The molecule has 0 spiro atoms. The van der Waals surface area contributed by atoms with Crippen LogP contribution in [0, 0.1) is 10.1 Å². The van der Waals surface area contributed by atoms with Crippen molar-refractivity contribution in [3.63, 3.8) is 0 Å². The van der Waals surface area contributed by atoms with Crippen molar-refractivity contribution in [2.45, 2.75) is 0 Å². The maximum absolute atomic E-state index is 10.6. The van der Waals surface area contributed by atoms with Crippen LogP contribution >= 0.6 is 31.9 Å². The molecule has 0 aliphatic rings. The molecule has 0 saturated heterocycles. The van der Waals surface area contributed by atoms with Crippen molar-refractivity contribution in [2.75, 3.05) is 12.5 Å². The number of methoxy groups -OCH3 is 1. The molecule has 0 amide bonds. The second kappa shape index (κ2) is 7.42. The van der Waals surface area contributed by atoms with Crippen molar-refractivity contribution in [1.29, 1.82) is 0 Å². The number of phenolic OH excluding ortho intramolecular Hbond substituents is 1. The summed E-state index contributed by atoms with van der Waals surface area (Å²) in [7, 11) is 1.45. The minimum absolute atomic E-state index is 0.00877. The zero-order valence-electron chi connectivity index (χ0n) is 11.8. The zero-order chi connectivity index (χ0) is 17.0. The van der Waals surface area contributed by atoms with E-state index in [9.17, 15) is 15.2 Å². The average Bonchev–Trinajstić information content (AvgIpc) is 2.55. The number of benzene rings is 2. The Morgan fingerprint density at radius 1 is 1.30 bits per heavy atom. The Morgan fingerprint density at radius 3 is 2.52 bits per heavy atom. The highest BCUT2D eigenvalue weighted by molar-refractivity contribution is 9.13. The molecule has 0 saturated carbocycles. The van der Waals surface area contributed by atoms with Crippen LogP contribution in [0.5, 0.6) is 11.5 Å². The smallest absolute Gasteiger partial charge is 0.269 e. The molecule has 2 aromatic carbocycles. The maximum atomic E-state index is 10.6. The first-order valence-electron chi connectivity index (χ1n) is 6.22. The average molecular weight is 445 g/mol. The molecule has 0 fully saturated rings. The number of nitro groups is 1. The van der Waals surface area contributed by atoms with Crippen LogP contribution in [0.15, 0.2) is 44.4 Å². The molecule has 0 bridgehead atoms. The fourth-order valence-corrected chi connectivity index (χ4v) is 2.52. The summed E-state index contributed by atoms with van der Waals surface area (Å²) in [5.41, 5.74) is 4.05. The summed E-state index contributed by atoms with van der Waals surface area (Å²) in [5, 5.41) is 24.5. The standard InChI is InChI=1S/C14H11Br2N3O4/c1-23-11-6-8(12(15)13(16)14(11)20)7-17-18-9-2-4-10(5-3-9)19(21)22/h2-7,18,20H,1H3/b17-7+. The summed E-state index contributed by atoms with van der Waals surface area (Å²) >= 11 is 6.61. The Bertz CT molecular complexity index is 764. The van der Waals surface area contributed by atoms with Gasteiger partial charge in [0.1, 0.15) is 0 Å². The number of halogens is 2. The van der Waals surface area contributed by atoms with Crippen molar-refractivity contribution >= 4 is 49.4 Å². The number of non-ortho nitro benzene ring substituents is 1.